The van der Waals surface area contributed by atoms with Crippen LogP contribution in [-0.2, 0) is 5.54 Å². The van der Waals surface area contributed by atoms with Crippen LogP contribution in [0.5, 0.6) is 0 Å². The minimum Gasteiger partial charge on any atom is -0.328 e. The van der Waals surface area contributed by atoms with Gasteiger partial charge in [0.1, 0.15) is 0 Å². The van der Waals surface area contributed by atoms with Crippen LogP contribution in [0.1, 0.15) is 30.4 Å². The number of aryl methyl sites for hydroxylation is 1. The van der Waals surface area contributed by atoms with Crippen molar-refractivity contribution < 1.29 is 4.79 Å². The van der Waals surface area contributed by atoms with Crippen molar-refractivity contribution in [3.8, 4) is 0 Å². The van der Waals surface area contributed by atoms with Crippen molar-refractivity contribution >= 4 is 11.7 Å². The van der Waals surface area contributed by atoms with Gasteiger partial charge in [0.15, 0.2) is 0 Å². The predicted molar refractivity (Wildman–Crippen MR) is 85.3 cm³/mol. The van der Waals surface area contributed by atoms with E-state index in [4.69, 9.17) is 0 Å². The molecule has 2 aromatic rings. The predicted octanol–water partition coefficient (Wildman–Crippen LogP) is 4.20. The number of carbonyl (C=O) groups excluding carboxylic acids is 1. The van der Waals surface area contributed by atoms with Crippen molar-refractivity contribution in [2.75, 3.05) is 5.32 Å². The molecule has 0 unspecified atom stereocenters. The third-order valence-corrected chi connectivity index (χ3v) is 4.16. The van der Waals surface area contributed by atoms with Gasteiger partial charge in [0.05, 0.1) is 5.54 Å². The molecule has 0 radical (unpaired) electrons. The highest BCUT2D eigenvalue weighted by Crippen LogP contribution is 2.41. The summed E-state index contributed by atoms with van der Waals surface area (Å²) in [7, 11) is 0. The zero-order chi connectivity index (χ0) is 14.7. The lowest BCUT2D eigenvalue weighted by molar-refractivity contribution is 0.185. The fraction of sp³-hybridized carbons (Fsp3) is 0.278. The summed E-state index contributed by atoms with van der Waals surface area (Å²) in [5.74, 6) is 0. The summed E-state index contributed by atoms with van der Waals surface area (Å²) in [5, 5.41) is 6.09. The number of benzene rings is 2. The average Bonchev–Trinajstić information content (AvgIpc) is 2.44. The molecular formula is C18H20N2O. The standard InChI is InChI=1S/C18H20N2O/c1-14-7-5-10-16(13-14)19-17(21)20-18(11-6-12-18)15-8-3-2-4-9-15/h2-5,7-10,13H,6,11-12H2,1H3,(H2,19,20,21). The van der Waals surface area contributed by atoms with E-state index in [9.17, 15) is 4.79 Å². The van der Waals surface area contributed by atoms with E-state index in [1.165, 1.54) is 5.56 Å². The highest BCUT2D eigenvalue weighted by molar-refractivity contribution is 5.90. The lowest BCUT2D eigenvalue weighted by Crippen LogP contribution is -2.52. The zero-order valence-corrected chi connectivity index (χ0v) is 12.2. The number of hydrogen-bond donors (Lipinski definition) is 2. The maximum atomic E-state index is 12.3. The molecule has 2 amide bonds. The minimum atomic E-state index is -0.199. The Bertz CT molecular complexity index is 633. The zero-order valence-electron chi connectivity index (χ0n) is 12.2. The topological polar surface area (TPSA) is 41.1 Å². The van der Waals surface area contributed by atoms with Gasteiger partial charge in [-0.2, -0.15) is 0 Å². The first-order valence-corrected chi connectivity index (χ1v) is 7.39. The number of anilines is 1. The van der Waals surface area contributed by atoms with Crippen molar-refractivity contribution in [1.29, 1.82) is 0 Å². The molecule has 3 nitrogen and oxygen atoms in total. The van der Waals surface area contributed by atoms with Crippen LogP contribution < -0.4 is 10.6 Å². The van der Waals surface area contributed by atoms with Gasteiger partial charge in [0.2, 0.25) is 0 Å². The van der Waals surface area contributed by atoms with Crippen LogP contribution in [0, 0.1) is 6.92 Å². The third-order valence-electron chi connectivity index (χ3n) is 4.16. The molecule has 3 rings (SSSR count). The maximum Gasteiger partial charge on any atom is 0.319 e. The molecule has 108 valence electrons. The first-order valence-electron chi connectivity index (χ1n) is 7.39. The third kappa shape index (κ3) is 2.92. The van der Waals surface area contributed by atoms with Gasteiger partial charge in [-0.25, -0.2) is 4.79 Å². The van der Waals surface area contributed by atoms with Gasteiger partial charge in [-0.05, 0) is 49.4 Å². The van der Waals surface area contributed by atoms with E-state index in [0.29, 0.717) is 0 Å². The summed E-state index contributed by atoms with van der Waals surface area (Å²) in [6.45, 7) is 2.01. The van der Waals surface area contributed by atoms with E-state index in [0.717, 1.165) is 30.5 Å². The second-order valence-corrected chi connectivity index (χ2v) is 5.75. The Labute approximate surface area is 125 Å². The smallest absolute Gasteiger partial charge is 0.319 e. The number of amides is 2. The fourth-order valence-corrected chi connectivity index (χ4v) is 2.88. The Kier molecular flexibility index (Phi) is 3.65. The Morgan fingerprint density at radius 3 is 2.43 bits per heavy atom. The van der Waals surface area contributed by atoms with Gasteiger partial charge in [0, 0.05) is 5.69 Å². The van der Waals surface area contributed by atoms with Gasteiger partial charge < -0.3 is 10.6 Å². The molecular weight excluding hydrogens is 260 g/mol. The van der Waals surface area contributed by atoms with E-state index < -0.39 is 0 Å². The molecule has 1 aliphatic rings. The molecule has 0 aromatic heterocycles. The Morgan fingerprint density at radius 2 is 1.81 bits per heavy atom. The molecule has 0 heterocycles. The summed E-state index contributed by atoms with van der Waals surface area (Å²) in [4.78, 5) is 12.3. The summed E-state index contributed by atoms with van der Waals surface area (Å²) in [6, 6.07) is 17.9. The number of hydrogen-bond acceptors (Lipinski definition) is 1. The van der Waals surface area contributed by atoms with Crippen molar-refractivity contribution in [1.82, 2.24) is 5.32 Å². The molecule has 21 heavy (non-hydrogen) atoms. The number of urea groups is 1. The minimum absolute atomic E-state index is 0.135. The SMILES string of the molecule is Cc1cccc(NC(=O)NC2(c3ccccc3)CCC2)c1. The fourth-order valence-electron chi connectivity index (χ4n) is 2.88. The van der Waals surface area contributed by atoms with Crippen molar-refractivity contribution in [2.24, 2.45) is 0 Å². The quantitative estimate of drug-likeness (QED) is 0.869. The lowest BCUT2D eigenvalue weighted by Gasteiger charge is -2.43. The van der Waals surface area contributed by atoms with Crippen molar-refractivity contribution in [2.45, 2.75) is 31.7 Å². The van der Waals surface area contributed by atoms with E-state index in [-0.39, 0.29) is 11.6 Å². The Balaban J connectivity index is 1.71. The van der Waals surface area contributed by atoms with Gasteiger partial charge in [-0.1, -0.05) is 42.5 Å². The number of rotatable bonds is 3. The van der Waals surface area contributed by atoms with E-state index >= 15 is 0 Å². The first-order chi connectivity index (χ1) is 10.2. The molecule has 0 aliphatic heterocycles. The average molecular weight is 280 g/mol. The number of carbonyl (C=O) groups is 1. The van der Waals surface area contributed by atoms with Gasteiger partial charge >= 0.3 is 6.03 Å². The molecule has 3 heteroatoms. The van der Waals surface area contributed by atoms with Crippen LogP contribution in [0.2, 0.25) is 0 Å². The van der Waals surface area contributed by atoms with Gasteiger partial charge in [0.25, 0.3) is 0 Å². The normalized spacial score (nSPS) is 15.9. The molecule has 2 aromatic carbocycles. The van der Waals surface area contributed by atoms with Crippen LogP contribution in [0.25, 0.3) is 0 Å². The highest BCUT2D eigenvalue weighted by atomic mass is 16.2. The highest BCUT2D eigenvalue weighted by Gasteiger charge is 2.39. The van der Waals surface area contributed by atoms with Crippen LogP contribution in [0.4, 0.5) is 10.5 Å². The Hall–Kier alpha value is -2.29. The number of nitrogens with one attached hydrogen (secondary N) is 2. The first kappa shape index (κ1) is 13.7. The van der Waals surface area contributed by atoms with Crippen LogP contribution in [0.15, 0.2) is 54.6 Å². The van der Waals surface area contributed by atoms with E-state index in [1.54, 1.807) is 0 Å². The molecule has 0 bridgehead atoms. The van der Waals surface area contributed by atoms with Crippen LogP contribution >= 0.6 is 0 Å². The second kappa shape index (κ2) is 5.60. The molecule has 2 N–H and O–H groups in total. The van der Waals surface area contributed by atoms with Crippen molar-refractivity contribution in [3.63, 3.8) is 0 Å². The Morgan fingerprint density at radius 1 is 1.05 bits per heavy atom. The summed E-state index contributed by atoms with van der Waals surface area (Å²) >= 11 is 0. The van der Waals surface area contributed by atoms with Crippen LogP contribution in [-0.4, -0.2) is 6.03 Å². The lowest BCUT2D eigenvalue weighted by atomic mass is 9.72. The van der Waals surface area contributed by atoms with E-state index in [1.807, 2.05) is 49.4 Å². The summed E-state index contributed by atoms with van der Waals surface area (Å²) < 4.78 is 0. The van der Waals surface area contributed by atoms with Crippen LogP contribution in [0.3, 0.4) is 0 Å². The largest absolute Gasteiger partial charge is 0.328 e. The van der Waals surface area contributed by atoms with Gasteiger partial charge in [-0.3, -0.25) is 0 Å². The second-order valence-electron chi connectivity index (χ2n) is 5.75. The van der Waals surface area contributed by atoms with Gasteiger partial charge in [-0.15, -0.1) is 0 Å². The molecule has 1 fully saturated rings. The van der Waals surface area contributed by atoms with Crippen molar-refractivity contribution in [3.05, 3.63) is 65.7 Å². The molecule has 0 spiro atoms. The molecule has 0 saturated heterocycles. The van der Waals surface area contributed by atoms with E-state index in [2.05, 4.69) is 22.8 Å². The summed E-state index contributed by atoms with van der Waals surface area (Å²) in [5.41, 5.74) is 2.95. The molecule has 1 aliphatic carbocycles. The maximum absolute atomic E-state index is 12.3. The molecule has 0 atom stereocenters. The summed E-state index contributed by atoms with van der Waals surface area (Å²) in [6.07, 6.45) is 3.15. The molecule has 1 saturated carbocycles. The monoisotopic (exact) mass is 280 g/mol.